The van der Waals surface area contributed by atoms with E-state index in [2.05, 4.69) is 5.32 Å². The van der Waals surface area contributed by atoms with Crippen LogP contribution in [0.3, 0.4) is 0 Å². The highest BCUT2D eigenvalue weighted by Crippen LogP contribution is 2.28. The highest BCUT2D eigenvalue weighted by atomic mass is 32.2. The summed E-state index contributed by atoms with van der Waals surface area (Å²) in [5.41, 5.74) is 0.664. The van der Waals surface area contributed by atoms with Gasteiger partial charge < -0.3 is 9.50 Å². The van der Waals surface area contributed by atoms with Gasteiger partial charge in [0.25, 0.3) is 0 Å². The Morgan fingerprint density at radius 1 is 1.33 bits per heavy atom. The summed E-state index contributed by atoms with van der Waals surface area (Å²) in [6, 6.07) is 10.3. The first-order chi connectivity index (χ1) is 8.56. The quantitative estimate of drug-likeness (QED) is 0.835. The molecule has 0 spiro atoms. The van der Waals surface area contributed by atoms with Gasteiger partial charge in [-0.05, 0) is 29.7 Å². The fourth-order valence-corrected chi connectivity index (χ4v) is 1.98. The van der Waals surface area contributed by atoms with Crippen LogP contribution in [0, 0.1) is 0 Å². The summed E-state index contributed by atoms with van der Waals surface area (Å²) in [6.45, 7) is 1.43. The van der Waals surface area contributed by atoms with E-state index in [0.717, 1.165) is 5.39 Å². The Kier molecular flexibility index (Phi) is 3.59. The molecule has 1 unspecified atom stereocenters. The molecular weight excluding hydrogens is 254 g/mol. The number of carbonyl (C=O) groups is 1. The number of hydrogen-bond acceptors (Lipinski definition) is 3. The molecule has 5 nitrogen and oxygen atoms in total. The van der Waals surface area contributed by atoms with Gasteiger partial charge in [0.15, 0.2) is 0 Å². The Bertz CT molecular complexity index is 627. The van der Waals surface area contributed by atoms with Gasteiger partial charge >= 0.3 is 11.4 Å². The Hall–Kier alpha value is -1.92. The Balaban J connectivity index is 2.46. The van der Waals surface area contributed by atoms with Crippen LogP contribution in [-0.2, 0) is 16.2 Å². The molecule has 2 N–H and O–H groups in total. The third-order valence-electron chi connectivity index (χ3n) is 2.32. The highest BCUT2D eigenvalue weighted by Gasteiger charge is 2.06. The molecule has 18 heavy (non-hydrogen) atoms. The molecule has 2 rings (SSSR count). The van der Waals surface area contributed by atoms with Gasteiger partial charge in [-0.15, -0.1) is 0 Å². The van der Waals surface area contributed by atoms with E-state index in [9.17, 15) is 9.00 Å². The molecule has 1 atom stereocenters. The molecule has 0 aromatic heterocycles. The van der Waals surface area contributed by atoms with E-state index in [0.29, 0.717) is 16.8 Å². The second-order valence-electron chi connectivity index (χ2n) is 3.67. The summed E-state index contributed by atoms with van der Waals surface area (Å²) < 4.78 is 24.2. The monoisotopic (exact) mass is 265 g/mol. The van der Waals surface area contributed by atoms with Gasteiger partial charge in [-0.3, -0.25) is 9.35 Å². The number of rotatable bonds is 3. The van der Waals surface area contributed by atoms with Crippen molar-refractivity contribution in [2.24, 2.45) is 0 Å². The number of fused-ring (bicyclic) bond motifs is 1. The van der Waals surface area contributed by atoms with E-state index in [1.165, 1.54) is 6.92 Å². The average Bonchev–Trinajstić information content (AvgIpc) is 2.27. The van der Waals surface area contributed by atoms with Gasteiger partial charge in [0, 0.05) is 18.0 Å². The van der Waals surface area contributed by atoms with E-state index in [-0.39, 0.29) is 5.91 Å². The van der Waals surface area contributed by atoms with Crippen molar-refractivity contribution in [2.75, 3.05) is 5.32 Å². The van der Waals surface area contributed by atoms with Crippen molar-refractivity contribution in [2.45, 2.75) is 6.92 Å². The van der Waals surface area contributed by atoms with Crippen LogP contribution < -0.4 is 9.50 Å². The van der Waals surface area contributed by atoms with Gasteiger partial charge in [-0.25, -0.2) is 0 Å². The lowest BCUT2D eigenvalue weighted by molar-refractivity contribution is -0.114. The predicted molar refractivity (Wildman–Crippen MR) is 69.7 cm³/mol. The lowest BCUT2D eigenvalue weighted by atomic mass is 10.1. The molecule has 0 radical (unpaired) electrons. The summed E-state index contributed by atoms with van der Waals surface area (Å²) in [4.78, 5) is 11.0. The van der Waals surface area contributed by atoms with Crippen molar-refractivity contribution in [3.05, 3.63) is 36.4 Å². The van der Waals surface area contributed by atoms with E-state index < -0.39 is 11.4 Å². The summed E-state index contributed by atoms with van der Waals surface area (Å²) >= 11 is -2.36. The molecule has 1 amide bonds. The first-order valence-electron chi connectivity index (χ1n) is 5.16. The first kappa shape index (κ1) is 12.5. The summed E-state index contributed by atoms with van der Waals surface area (Å²) in [6.07, 6.45) is 0. The number of benzene rings is 2. The molecule has 0 saturated carbocycles. The summed E-state index contributed by atoms with van der Waals surface area (Å²) in [7, 11) is 0. The van der Waals surface area contributed by atoms with Gasteiger partial charge in [0.1, 0.15) is 5.75 Å². The molecule has 0 saturated heterocycles. The zero-order chi connectivity index (χ0) is 13.1. The minimum atomic E-state index is -2.36. The van der Waals surface area contributed by atoms with Crippen molar-refractivity contribution in [1.29, 1.82) is 0 Å². The molecule has 94 valence electrons. The smallest absolute Gasteiger partial charge is 0.357 e. The van der Waals surface area contributed by atoms with Gasteiger partial charge in [-0.2, -0.15) is 4.21 Å². The molecule has 0 aliphatic carbocycles. The SMILES string of the molecule is CC(=O)Nc1ccc2c(OS(=O)O)cccc2c1. The number of anilines is 1. The number of carbonyl (C=O) groups excluding carboxylic acids is 1. The lowest BCUT2D eigenvalue weighted by Crippen LogP contribution is -2.05. The van der Waals surface area contributed by atoms with Crippen molar-refractivity contribution < 1.29 is 17.7 Å². The minimum Gasteiger partial charge on any atom is -0.379 e. The van der Waals surface area contributed by atoms with Crippen molar-refractivity contribution in [3.8, 4) is 5.75 Å². The maximum atomic E-state index is 11.0. The first-order valence-corrected chi connectivity index (χ1v) is 6.19. The zero-order valence-corrected chi connectivity index (χ0v) is 10.4. The minimum absolute atomic E-state index is 0.154. The van der Waals surface area contributed by atoms with Gasteiger partial charge in [0.05, 0.1) is 0 Å². The van der Waals surface area contributed by atoms with Crippen LogP contribution in [0.5, 0.6) is 5.75 Å². The average molecular weight is 265 g/mol. The number of hydrogen-bond donors (Lipinski definition) is 2. The van der Waals surface area contributed by atoms with Gasteiger partial charge in [-0.1, -0.05) is 12.1 Å². The van der Waals surface area contributed by atoms with E-state index >= 15 is 0 Å². The van der Waals surface area contributed by atoms with Crippen molar-refractivity contribution in [1.82, 2.24) is 0 Å². The standard InChI is InChI=1S/C12H11NO4S/c1-8(14)13-10-5-6-11-9(7-10)3-2-4-12(11)17-18(15)16/h2-7H,1H3,(H,13,14)(H,15,16). The summed E-state index contributed by atoms with van der Waals surface area (Å²) in [5.74, 6) is 0.168. The van der Waals surface area contributed by atoms with Crippen LogP contribution in [0.25, 0.3) is 10.8 Å². The molecule has 0 aliphatic heterocycles. The largest absolute Gasteiger partial charge is 0.379 e. The van der Waals surface area contributed by atoms with Crippen LogP contribution in [0.15, 0.2) is 36.4 Å². The maximum absolute atomic E-state index is 11.0. The molecule has 0 bridgehead atoms. The second kappa shape index (κ2) is 5.16. The molecule has 0 fully saturated rings. The lowest BCUT2D eigenvalue weighted by Gasteiger charge is -2.07. The van der Waals surface area contributed by atoms with Crippen LogP contribution in [0.1, 0.15) is 6.92 Å². The van der Waals surface area contributed by atoms with Crippen LogP contribution in [0.4, 0.5) is 5.69 Å². The third-order valence-corrected chi connectivity index (χ3v) is 2.64. The number of nitrogens with one attached hydrogen (secondary N) is 1. The van der Waals surface area contributed by atoms with Gasteiger partial charge in [0.2, 0.25) is 5.91 Å². The Morgan fingerprint density at radius 2 is 2.11 bits per heavy atom. The summed E-state index contributed by atoms with van der Waals surface area (Å²) in [5, 5.41) is 4.18. The van der Waals surface area contributed by atoms with Crippen LogP contribution >= 0.6 is 0 Å². The highest BCUT2D eigenvalue weighted by molar-refractivity contribution is 7.74. The fourth-order valence-electron chi connectivity index (χ4n) is 1.68. The Morgan fingerprint density at radius 3 is 2.78 bits per heavy atom. The molecule has 6 heteroatoms. The Labute approximate surface area is 106 Å². The fraction of sp³-hybridized carbons (Fsp3) is 0.0833. The van der Waals surface area contributed by atoms with E-state index in [4.69, 9.17) is 8.74 Å². The van der Waals surface area contributed by atoms with Crippen LogP contribution in [0.2, 0.25) is 0 Å². The predicted octanol–water partition coefficient (Wildman–Crippen LogP) is 2.31. The molecule has 2 aromatic carbocycles. The van der Waals surface area contributed by atoms with E-state index in [1.54, 1.807) is 30.3 Å². The molecule has 0 heterocycles. The molecule has 0 aliphatic rings. The van der Waals surface area contributed by atoms with E-state index in [1.807, 2.05) is 6.07 Å². The third kappa shape index (κ3) is 2.85. The van der Waals surface area contributed by atoms with Crippen LogP contribution in [-0.4, -0.2) is 14.7 Å². The maximum Gasteiger partial charge on any atom is 0.357 e. The number of amides is 1. The second-order valence-corrected chi connectivity index (χ2v) is 4.27. The molecular formula is C12H11NO4S. The topological polar surface area (TPSA) is 75.6 Å². The van der Waals surface area contributed by atoms with Crippen molar-refractivity contribution >= 4 is 33.7 Å². The molecule has 2 aromatic rings. The zero-order valence-electron chi connectivity index (χ0n) is 9.54. The normalized spacial score (nSPS) is 12.1. The van der Waals surface area contributed by atoms with Crippen molar-refractivity contribution in [3.63, 3.8) is 0 Å².